The SMILES string of the molecule is CCCCCCCCCCCCNCC1CCOC1. The third-order valence-corrected chi connectivity index (χ3v) is 4.16. The molecule has 1 rings (SSSR count). The molecule has 1 aliphatic heterocycles. The number of hydrogen-bond donors (Lipinski definition) is 1. The topological polar surface area (TPSA) is 21.3 Å². The average molecular weight is 269 g/mol. The van der Waals surface area contributed by atoms with Crippen molar-refractivity contribution in [3.63, 3.8) is 0 Å². The maximum Gasteiger partial charge on any atom is 0.0507 e. The minimum absolute atomic E-state index is 0.781. The minimum Gasteiger partial charge on any atom is -0.381 e. The molecule has 1 heterocycles. The molecule has 1 aliphatic rings. The molecule has 1 saturated heterocycles. The number of hydrogen-bond acceptors (Lipinski definition) is 2. The summed E-state index contributed by atoms with van der Waals surface area (Å²) in [5, 5.41) is 3.57. The highest BCUT2D eigenvalue weighted by molar-refractivity contribution is 4.66. The standard InChI is InChI=1S/C17H35NO/c1-2-3-4-5-6-7-8-9-10-11-13-18-15-17-12-14-19-16-17/h17-18H,2-16H2,1H3. The van der Waals surface area contributed by atoms with Crippen LogP contribution in [0.2, 0.25) is 0 Å². The molecule has 19 heavy (non-hydrogen) atoms. The van der Waals surface area contributed by atoms with E-state index in [1.54, 1.807) is 0 Å². The van der Waals surface area contributed by atoms with Gasteiger partial charge in [-0.25, -0.2) is 0 Å². The van der Waals surface area contributed by atoms with Crippen LogP contribution < -0.4 is 5.32 Å². The monoisotopic (exact) mass is 269 g/mol. The second-order valence-corrected chi connectivity index (χ2v) is 6.12. The zero-order chi connectivity index (χ0) is 13.6. The van der Waals surface area contributed by atoms with E-state index >= 15 is 0 Å². The van der Waals surface area contributed by atoms with Gasteiger partial charge in [-0.2, -0.15) is 0 Å². The molecule has 0 aliphatic carbocycles. The van der Waals surface area contributed by atoms with Crippen LogP contribution in [0.25, 0.3) is 0 Å². The van der Waals surface area contributed by atoms with Crippen LogP contribution in [0.1, 0.15) is 77.6 Å². The van der Waals surface area contributed by atoms with Crippen LogP contribution >= 0.6 is 0 Å². The molecule has 2 nitrogen and oxygen atoms in total. The van der Waals surface area contributed by atoms with Gasteiger partial charge in [0, 0.05) is 13.2 Å². The van der Waals surface area contributed by atoms with Crippen molar-refractivity contribution >= 4 is 0 Å². The van der Waals surface area contributed by atoms with E-state index in [0.29, 0.717) is 0 Å². The van der Waals surface area contributed by atoms with Gasteiger partial charge in [-0.05, 0) is 25.3 Å². The van der Waals surface area contributed by atoms with Crippen molar-refractivity contribution in [2.24, 2.45) is 5.92 Å². The van der Waals surface area contributed by atoms with E-state index in [0.717, 1.165) is 25.7 Å². The highest BCUT2D eigenvalue weighted by Gasteiger charge is 2.14. The highest BCUT2D eigenvalue weighted by Crippen LogP contribution is 2.11. The second-order valence-electron chi connectivity index (χ2n) is 6.12. The summed E-state index contributed by atoms with van der Waals surface area (Å²) >= 11 is 0. The lowest BCUT2D eigenvalue weighted by Crippen LogP contribution is -2.23. The second kappa shape index (κ2) is 12.9. The first-order chi connectivity index (χ1) is 9.43. The molecule has 1 fully saturated rings. The summed E-state index contributed by atoms with van der Waals surface area (Å²) in [6, 6.07) is 0. The molecule has 0 saturated carbocycles. The van der Waals surface area contributed by atoms with E-state index in [2.05, 4.69) is 12.2 Å². The summed E-state index contributed by atoms with van der Waals surface area (Å²) in [6.45, 7) is 6.60. The van der Waals surface area contributed by atoms with Gasteiger partial charge in [-0.3, -0.25) is 0 Å². The summed E-state index contributed by atoms with van der Waals surface area (Å²) in [7, 11) is 0. The first-order valence-corrected chi connectivity index (χ1v) is 8.72. The molecule has 0 amide bonds. The molecule has 1 unspecified atom stereocenters. The quantitative estimate of drug-likeness (QED) is 0.496. The summed E-state index contributed by atoms with van der Waals surface area (Å²) in [5.41, 5.74) is 0. The van der Waals surface area contributed by atoms with Crippen LogP contribution in [0.4, 0.5) is 0 Å². The zero-order valence-corrected chi connectivity index (χ0v) is 13.1. The fourth-order valence-corrected chi connectivity index (χ4v) is 2.79. The molecular formula is C17H35NO. The first kappa shape index (κ1) is 17.0. The van der Waals surface area contributed by atoms with E-state index in [1.165, 1.54) is 77.2 Å². The Morgan fingerprint density at radius 2 is 1.53 bits per heavy atom. The maximum absolute atomic E-state index is 5.37. The van der Waals surface area contributed by atoms with Crippen molar-refractivity contribution in [1.82, 2.24) is 5.32 Å². The third kappa shape index (κ3) is 10.4. The molecule has 0 aromatic carbocycles. The van der Waals surface area contributed by atoms with E-state index < -0.39 is 0 Å². The summed E-state index contributed by atoms with van der Waals surface area (Å²) < 4.78 is 5.37. The lowest BCUT2D eigenvalue weighted by molar-refractivity contribution is 0.185. The van der Waals surface area contributed by atoms with Gasteiger partial charge in [0.05, 0.1) is 6.61 Å². The van der Waals surface area contributed by atoms with Crippen LogP contribution in [-0.4, -0.2) is 26.3 Å². The molecule has 0 spiro atoms. The Kier molecular flexibility index (Phi) is 11.5. The van der Waals surface area contributed by atoms with Gasteiger partial charge in [0.2, 0.25) is 0 Å². The Labute approximate surface area is 120 Å². The predicted molar refractivity (Wildman–Crippen MR) is 83.6 cm³/mol. The molecule has 0 aromatic heterocycles. The van der Waals surface area contributed by atoms with Gasteiger partial charge in [0.25, 0.3) is 0 Å². The Bertz CT molecular complexity index is 178. The van der Waals surface area contributed by atoms with Crippen molar-refractivity contribution in [1.29, 1.82) is 0 Å². The maximum atomic E-state index is 5.37. The molecule has 2 heteroatoms. The summed E-state index contributed by atoms with van der Waals surface area (Å²) in [5.74, 6) is 0.781. The number of rotatable bonds is 13. The summed E-state index contributed by atoms with van der Waals surface area (Å²) in [6.07, 6.45) is 15.5. The third-order valence-electron chi connectivity index (χ3n) is 4.16. The number of ether oxygens (including phenoxy) is 1. The lowest BCUT2D eigenvalue weighted by atomic mass is 10.1. The fraction of sp³-hybridized carbons (Fsp3) is 1.00. The van der Waals surface area contributed by atoms with E-state index in [4.69, 9.17) is 4.74 Å². The van der Waals surface area contributed by atoms with Crippen LogP contribution in [-0.2, 0) is 4.74 Å². The molecule has 114 valence electrons. The van der Waals surface area contributed by atoms with Crippen molar-refractivity contribution in [2.75, 3.05) is 26.3 Å². The van der Waals surface area contributed by atoms with Gasteiger partial charge < -0.3 is 10.1 Å². The molecule has 1 atom stereocenters. The largest absolute Gasteiger partial charge is 0.381 e. The normalized spacial score (nSPS) is 19.1. The molecule has 1 N–H and O–H groups in total. The van der Waals surface area contributed by atoms with Gasteiger partial charge in [0.1, 0.15) is 0 Å². The van der Waals surface area contributed by atoms with Crippen LogP contribution in [0, 0.1) is 5.92 Å². The van der Waals surface area contributed by atoms with Crippen LogP contribution in [0.5, 0.6) is 0 Å². The fourth-order valence-electron chi connectivity index (χ4n) is 2.79. The molecule has 0 aromatic rings. The van der Waals surface area contributed by atoms with E-state index in [1.807, 2.05) is 0 Å². The average Bonchev–Trinajstić information content (AvgIpc) is 2.93. The van der Waals surface area contributed by atoms with Crippen molar-refractivity contribution in [2.45, 2.75) is 77.6 Å². The van der Waals surface area contributed by atoms with Gasteiger partial charge in [0.15, 0.2) is 0 Å². The minimum atomic E-state index is 0.781. The lowest BCUT2D eigenvalue weighted by Gasteiger charge is -2.09. The van der Waals surface area contributed by atoms with Gasteiger partial charge >= 0.3 is 0 Å². The van der Waals surface area contributed by atoms with Crippen LogP contribution in [0.15, 0.2) is 0 Å². The van der Waals surface area contributed by atoms with Crippen LogP contribution in [0.3, 0.4) is 0 Å². The molecule has 0 radical (unpaired) electrons. The Morgan fingerprint density at radius 1 is 0.895 bits per heavy atom. The Morgan fingerprint density at radius 3 is 2.11 bits per heavy atom. The van der Waals surface area contributed by atoms with Crippen molar-refractivity contribution in [3.8, 4) is 0 Å². The number of nitrogens with one attached hydrogen (secondary N) is 1. The van der Waals surface area contributed by atoms with E-state index in [-0.39, 0.29) is 0 Å². The number of unbranched alkanes of at least 4 members (excludes halogenated alkanes) is 9. The van der Waals surface area contributed by atoms with Gasteiger partial charge in [-0.15, -0.1) is 0 Å². The first-order valence-electron chi connectivity index (χ1n) is 8.72. The highest BCUT2D eigenvalue weighted by atomic mass is 16.5. The van der Waals surface area contributed by atoms with Crippen molar-refractivity contribution < 1.29 is 4.74 Å². The summed E-state index contributed by atoms with van der Waals surface area (Å²) in [4.78, 5) is 0. The molecule has 0 bridgehead atoms. The smallest absolute Gasteiger partial charge is 0.0507 e. The molecular weight excluding hydrogens is 234 g/mol. The Hall–Kier alpha value is -0.0800. The van der Waals surface area contributed by atoms with Crippen molar-refractivity contribution in [3.05, 3.63) is 0 Å². The zero-order valence-electron chi connectivity index (χ0n) is 13.1. The van der Waals surface area contributed by atoms with E-state index in [9.17, 15) is 0 Å². The van der Waals surface area contributed by atoms with Gasteiger partial charge in [-0.1, -0.05) is 64.7 Å². The predicted octanol–water partition coefficient (Wildman–Crippen LogP) is 4.53. The Balaban J connectivity index is 1.67.